The Morgan fingerprint density at radius 1 is 1.54 bits per heavy atom. The van der Waals surface area contributed by atoms with Gasteiger partial charge in [0.05, 0.1) is 18.1 Å². The van der Waals surface area contributed by atoms with Crippen molar-refractivity contribution in [2.75, 3.05) is 13.7 Å². The SMILES string of the molecule is CCC1(CC)C[C@H](CO)N(C)C1=O. The highest BCUT2D eigenvalue weighted by Crippen LogP contribution is 2.40. The summed E-state index contributed by atoms with van der Waals surface area (Å²) < 4.78 is 0. The molecular weight excluding hydrogens is 166 g/mol. The number of likely N-dealkylation sites (N-methyl/N-ethyl adjacent to an activating group) is 1. The molecule has 3 nitrogen and oxygen atoms in total. The third-order valence-corrected chi connectivity index (χ3v) is 3.51. The van der Waals surface area contributed by atoms with E-state index in [1.807, 2.05) is 0 Å². The van der Waals surface area contributed by atoms with Crippen LogP contribution < -0.4 is 0 Å². The van der Waals surface area contributed by atoms with E-state index in [9.17, 15) is 4.79 Å². The van der Waals surface area contributed by atoms with Gasteiger partial charge in [-0.25, -0.2) is 0 Å². The lowest BCUT2D eigenvalue weighted by Gasteiger charge is -2.23. The van der Waals surface area contributed by atoms with Crippen molar-refractivity contribution in [3.8, 4) is 0 Å². The summed E-state index contributed by atoms with van der Waals surface area (Å²) in [6.45, 7) is 4.19. The molecule has 1 saturated heterocycles. The average molecular weight is 185 g/mol. The molecule has 0 aliphatic carbocycles. The van der Waals surface area contributed by atoms with Crippen molar-refractivity contribution in [1.82, 2.24) is 4.90 Å². The Morgan fingerprint density at radius 3 is 2.31 bits per heavy atom. The number of aliphatic hydroxyl groups excluding tert-OH is 1. The number of carbonyl (C=O) groups is 1. The number of hydrogen-bond acceptors (Lipinski definition) is 2. The van der Waals surface area contributed by atoms with Gasteiger partial charge in [-0.1, -0.05) is 13.8 Å². The summed E-state index contributed by atoms with van der Waals surface area (Å²) in [4.78, 5) is 13.6. The van der Waals surface area contributed by atoms with Crippen molar-refractivity contribution in [2.45, 2.75) is 39.2 Å². The van der Waals surface area contributed by atoms with Gasteiger partial charge in [0.2, 0.25) is 5.91 Å². The van der Waals surface area contributed by atoms with Crippen LogP contribution >= 0.6 is 0 Å². The molecule has 0 bridgehead atoms. The minimum Gasteiger partial charge on any atom is -0.394 e. The maximum atomic E-state index is 11.9. The number of likely N-dealkylation sites (tertiary alicyclic amines) is 1. The average Bonchev–Trinajstić information content (AvgIpc) is 2.42. The van der Waals surface area contributed by atoms with Crippen LogP contribution in [0.1, 0.15) is 33.1 Å². The molecule has 1 rings (SSSR count). The second-order valence-corrected chi connectivity index (χ2v) is 3.94. The van der Waals surface area contributed by atoms with Gasteiger partial charge >= 0.3 is 0 Å². The molecule has 1 aliphatic heterocycles. The largest absolute Gasteiger partial charge is 0.394 e. The van der Waals surface area contributed by atoms with Gasteiger partial charge in [-0.2, -0.15) is 0 Å². The molecule has 0 aromatic carbocycles. The smallest absolute Gasteiger partial charge is 0.228 e. The monoisotopic (exact) mass is 185 g/mol. The number of aliphatic hydroxyl groups is 1. The zero-order valence-corrected chi connectivity index (χ0v) is 8.71. The van der Waals surface area contributed by atoms with Gasteiger partial charge in [-0.05, 0) is 19.3 Å². The lowest BCUT2D eigenvalue weighted by Crippen LogP contribution is -2.34. The number of amides is 1. The zero-order valence-electron chi connectivity index (χ0n) is 8.71. The second kappa shape index (κ2) is 3.66. The Labute approximate surface area is 79.7 Å². The van der Waals surface area contributed by atoms with Crippen molar-refractivity contribution in [1.29, 1.82) is 0 Å². The standard InChI is InChI=1S/C10H19NO2/c1-4-10(5-2)6-8(7-12)11(3)9(10)13/h8,12H,4-7H2,1-3H3/t8-/m1/s1. The highest BCUT2D eigenvalue weighted by molar-refractivity contribution is 5.85. The number of nitrogens with zero attached hydrogens (tertiary/aromatic N) is 1. The highest BCUT2D eigenvalue weighted by atomic mass is 16.3. The molecule has 0 saturated carbocycles. The highest BCUT2D eigenvalue weighted by Gasteiger charge is 2.47. The molecule has 1 atom stereocenters. The first-order chi connectivity index (χ1) is 6.11. The van der Waals surface area contributed by atoms with Crippen LogP contribution in [0.5, 0.6) is 0 Å². The molecule has 0 radical (unpaired) electrons. The topological polar surface area (TPSA) is 40.5 Å². The fourth-order valence-electron chi connectivity index (χ4n) is 2.24. The minimum atomic E-state index is -0.192. The predicted octanol–water partition coefficient (Wildman–Crippen LogP) is 1.02. The summed E-state index contributed by atoms with van der Waals surface area (Å²) in [5.41, 5.74) is -0.192. The lowest BCUT2D eigenvalue weighted by molar-refractivity contribution is -0.136. The van der Waals surface area contributed by atoms with Gasteiger partial charge in [-0.3, -0.25) is 4.79 Å². The fraction of sp³-hybridized carbons (Fsp3) is 0.900. The molecule has 1 aliphatic rings. The number of hydrogen-bond donors (Lipinski definition) is 1. The van der Waals surface area contributed by atoms with E-state index in [1.165, 1.54) is 0 Å². The molecule has 0 spiro atoms. The van der Waals surface area contributed by atoms with Crippen LogP contribution in [0.15, 0.2) is 0 Å². The summed E-state index contributed by atoms with van der Waals surface area (Å²) >= 11 is 0. The molecule has 0 unspecified atom stereocenters. The molecule has 0 aromatic rings. The van der Waals surface area contributed by atoms with E-state index in [2.05, 4.69) is 13.8 Å². The van der Waals surface area contributed by atoms with Crippen LogP contribution in [-0.2, 0) is 4.79 Å². The third-order valence-electron chi connectivity index (χ3n) is 3.51. The number of rotatable bonds is 3. The van der Waals surface area contributed by atoms with Crippen molar-refractivity contribution in [2.24, 2.45) is 5.41 Å². The van der Waals surface area contributed by atoms with Gasteiger partial charge < -0.3 is 10.0 Å². The van der Waals surface area contributed by atoms with Crippen LogP contribution in [0.25, 0.3) is 0 Å². The Morgan fingerprint density at radius 2 is 2.08 bits per heavy atom. The molecule has 3 heteroatoms. The van der Waals surface area contributed by atoms with Gasteiger partial charge in [0.25, 0.3) is 0 Å². The van der Waals surface area contributed by atoms with Crippen LogP contribution in [0.2, 0.25) is 0 Å². The lowest BCUT2D eigenvalue weighted by atomic mass is 9.80. The van der Waals surface area contributed by atoms with Gasteiger partial charge in [0, 0.05) is 7.05 Å². The van der Waals surface area contributed by atoms with Crippen LogP contribution in [-0.4, -0.2) is 35.6 Å². The van der Waals surface area contributed by atoms with Crippen molar-refractivity contribution in [3.05, 3.63) is 0 Å². The van der Waals surface area contributed by atoms with Crippen molar-refractivity contribution >= 4 is 5.91 Å². The van der Waals surface area contributed by atoms with Gasteiger partial charge in [-0.15, -0.1) is 0 Å². The zero-order chi connectivity index (χ0) is 10.1. The van der Waals surface area contributed by atoms with Crippen molar-refractivity contribution < 1.29 is 9.90 Å². The Kier molecular flexibility index (Phi) is 2.96. The van der Waals surface area contributed by atoms with Crippen molar-refractivity contribution in [3.63, 3.8) is 0 Å². The van der Waals surface area contributed by atoms with E-state index in [1.54, 1.807) is 11.9 Å². The first kappa shape index (κ1) is 10.5. The van der Waals surface area contributed by atoms with E-state index in [-0.39, 0.29) is 24.0 Å². The first-order valence-corrected chi connectivity index (χ1v) is 4.99. The van der Waals surface area contributed by atoms with E-state index < -0.39 is 0 Å². The predicted molar refractivity (Wildman–Crippen MR) is 51.3 cm³/mol. The van der Waals surface area contributed by atoms with E-state index in [4.69, 9.17) is 5.11 Å². The van der Waals surface area contributed by atoms with Gasteiger partial charge in [0.15, 0.2) is 0 Å². The molecule has 76 valence electrons. The Balaban J connectivity index is 2.86. The Bertz CT molecular complexity index is 199. The third kappa shape index (κ3) is 1.46. The molecule has 0 aromatic heterocycles. The quantitative estimate of drug-likeness (QED) is 0.713. The van der Waals surface area contributed by atoms with Crippen LogP contribution in [0.4, 0.5) is 0 Å². The first-order valence-electron chi connectivity index (χ1n) is 4.99. The summed E-state index contributed by atoms with van der Waals surface area (Å²) in [6, 6.07) is 0.0346. The van der Waals surface area contributed by atoms with E-state index >= 15 is 0 Å². The minimum absolute atomic E-state index is 0.0346. The molecular formula is C10H19NO2. The van der Waals surface area contributed by atoms with Crippen LogP contribution in [0.3, 0.4) is 0 Å². The second-order valence-electron chi connectivity index (χ2n) is 3.94. The van der Waals surface area contributed by atoms with E-state index in [0.29, 0.717) is 0 Å². The fourth-order valence-corrected chi connectivity index (χ4v) is 2.24. The normalized spacial score (nSPS) is 26.9. The summed E-state index contributed by atoms with van der Waals surface area (Å²) in [6.07, 6.45) is 2.57. The Hall–Kier alpha value is -0.570. The molecule has 1 fully saturated rings. The maximum absolute atomic E-state index is 11.9. The maximum Gasteiger partial charge on any atom is 0.228 e. The molecule has 1 heterocycles. The van der Waals surface area contributed by atoms with Gasteiger partial charge in [0.1, 0.15) is 0 Å². The van der Waals surface area contributed by atoms with Crippen LogP contribution in [0, 0.1) is 5.41 Å². The summed E-state index contributed by atoms with van der Waals surface area (Å²) in [5.74, 6) is 0.205. The molecule has 13 heavy (non-hydrogen) atoms. The number of carbonyl (C=O) groups excluding carboxylic acids is 1. The summed E-state index contributed by atoms with van der Waals surface area (Å²) in [5, 5.41) is 9.08. The summed E-state index contributed by atoms with van der Waals surface area (Å²) in [7, 11) is 1.79. The molecule has 1 amide bonds. The van der Waals surface area contributed by atoms with E-state index in [0.717, 1.165) is 19.3 Å². The molecule has 1 N–H and O–H groups in total.